The molecule has 17 heavy (non-hydrogen) atoms. The van der Waals surface area contributed by atoms with Gasteiger partial charge in [-0.25, -0.2) is 4.98 Å². The van der Waals surface area contributed by atoms with E-state index in [2.05, 4.69) is 41.5 Å². The van der Waals surface area contributed by atoms with E-state index in [1.807, 2.05) is 0 Å². The van der Waals surface area contributed by atoms with Gasteiger partial charge in [-0.05, 0) is 52.7 Å². The van der Waals surface area contributed by atoms with E-state index in [1.165, 1.54) is 31.6 Å². The fourth-order valence-electron chi connectivity index (χ4n) is 2.45. The summed E-state index contributed by atoms with van der Waals surface area (Å²) in [5.41, 5.74) is 1.19. The number of hydrogen-bond acceptors (Lipinski definition) is 4. The highest BCUT2D eigenvalue weighted by Gasteiger charge is 2.21. The third-order valence-corrected chi connectivity index (χ3v) is 4.56. The molecule has 0 aliphatic carbocycles. The molecule has 4 heteroatoms. The fraction of sp³-hybridized carbons (Fsp3) is 0.769. The molecule has 2 heterocycles. The maximum atomic E-state index is 4.49. The highest BCUT2D eigenvalue weighted by molar-refractivity contribution is 7.09. The van der Waals surface area contributed by atoms with Gasteiger partial charge in [0.25, 0.3) is 0 Å². The molecular formula is C13H23N3S. The first-order valence-electron chi connectivity index (χ1n) is 6.48. The molecule has 0 bridgehead atoms. The molecule has 1 unspecified atom stereocenters. The summed E-state index contributed by atoms with van der Waals surface area (Å²) in [6, 6.07) is 0.603. The summed E-state index contributed by atoms with van der Waals surface area (Å²) in [5.74, 6) is 0.825. The molecule has 1 aromatic rings. The monoisotopic (exact) mass is 253 g/mol. The first-order chi connectivity index (χ1) is 8.15. The first kappa shape index (κ1) is 13.0. The number of aryl methyl sites for hydroxylation is 1. The maximum absolute atomic E-state index is 4.49. The van der Waals surface area contributed by atoms with Gasteiger partial charge in [-0.3, -0.25) is 0 Å². The zero-order valence-electron chi connectivity index (χ0n) is 11.1. The van der Waals surface area contributed by atoms with Gasteiger partial charge in [0.05, 0.1) is 10.7 Å². The highest BCUT2D eigenvalue weighted by Crippen LogP contribution is 2.20. The molecule has 3 nitrogen and oxygen atoms in total. The SMILES string of the molecule is Cc1nc(CNC(C)C2CCN(C)CC2)cs1. The topological polar surface area (TPSA) is 28.2 Å². The van der Waals surface area contributed by atoms with Crippen LogP contribution in [0.3, 0.4) is 0 Å². The van der Waals surface area contributed by atoms with Crippen molar-refractivity contribution in [2.75, 3.05) is 20.1 Å². The molecule has 0 aromatic carbocycles. The van der Waals surface area contributed by atoms with Gasteiger partial charge in [0.15, 0.2) is 0 Å². The van der Waals surface area contributed by atoms with E-state index in [9.17, 15) is 0 Å². The Balaban J connectivity index is 1.75. The highest BCUT2D eigenvalue weighted by atomic mass is 32.1. The van der Waals surface area contributed by atoms with Crippen LogP contribution in [0.25, 0.3) is 0 Å². The number of thiazole rings is 1. The Bertz CT molecular complexity index is 342. The van der Waals surface area contributed by atoms with Crippen molar-refractivity contribution >= 4 is 11.3 Å². The molecule has 1 fully saturated rings. The second kappa shape index (κ2) is 5.94. The zero-order valence-corrected chi connectivity index (χ0v) is 11.9. The maximum Gasteiger partial charge on any atom is 0.0897 e. The molecule has 96 valence electrons. The number of nitrogens with zero attached hydrogens (tertiary/aromatic N) is 2. The van der Waals surface area contributed by atoms with Crippen LogP contribution in [0.4, 0.5) is 0 Å². The number of nitrogens with one attached hydrogen (secondary N) is 1. The van der Waals surface area contributed by atoms with E-state index in [4.69, 9.17) is 0 Å². The number of rotatable bonds is 4. The Labute approximate surface area is 108 Å². The average molecular weight is 253 g/mol. The Kier molecular flexibility index (Phi) is 4.54. The lowest BCUT2D eigenvalue weighted by Crippen LogP contribution is -2.40. The minimum atomic E-state index is 0.603. The smallest absolute Gasteiger partial charge is 0.0897 e. The minimum absolute atomic E-state index is 0.603. The van der Waals surface area contributed by atoms with Crippen LogP contribution in [-0.4, -0.2) is 36.1 Å². The zero-order chi connectivity index (χ0) is 12.3. The van der Waals surface area contributed by atoms with Crippen molar-refractivity contribution in [2.24, 2.45) is 5.92 Å². The Morgan fingerprint density at radius 1 is 1.53 bits per heavy atom. The summed E-state index contributed by atoms with van der Waals surface area (Å²) >= 11 is 1.73. The summed E-state index contributed by atoms with van der Waals surface area (Å²) in [6.07, 6.45) is 2.64. The molecule has 0 saturated carbocycles. The van der Waals surface area contributed by atoms with Crippen molar-refractivity contribution in [3.05, 3.63) is 16.1 Å². The predicted molar refractivity (Wildman–Crippen MR) is 73.4 cm³/mol. The quantitative estimate of drug-likeness (QED) is 0.892. The fourth-order valence-corrected chi connectivity index (χ4v) is 3.06. The molecule has 0 radical (unpaired) electrons. The summed E-state index contributed by atoms with van der Waals surface area (Å²) < 4.78 is 0. The normalized spacial score (nSPS) is 20.6. The van der Waals surface area contributed by atoms with Crippen LogP contribution in [0.2, 0.25) is 0 Å². The minimum Gasteiger partial charge on any atom is -0.308 e. The molecule has 1 N–H and O–H groups in total. The summed E-state index contributed by atoms with van der Waals surface area (Å²) in [7, 11) is 2.21. The number of likely N-dealkylation sites (tertiary alicyclic amines) is 1. The lowest BCUT2D eigenvalue weighted by Gasteiger charge is -2.33. The molecule has 0 amide bonds. The molecule has 1 atom stereocenters. The van der Waals surface area contributed by atoms with E-state index in [-0.39, 0.29) is 0 Å². The van der Waals surface area contributed by atoms with Gasteiger partial charge in [-0.2, -0.15) is 0 Å². The van der Waals surface area contributed by atoms with Gasteiger partial charge < -0.3 is 10.2 Å². The van der Waals surface area contributed by atoms with E-state index < -0.39 is 0 Å². The average Bonchev–Trinajstić information content (AvgIpc) is 2.73. The summed E-state index contributed by atoms with van der Waals surface area (Å²) in [4.78, 5) is 6.91. The van der Waals surface area contributed by atoms with Crippen LogP contribution >= 0.6 is 11.3 Å². The van der Waals surface area contributed by atoms with E-state index >= 15 is 0 Å². The lowest BCUT2D eigenvalue weighted by molar-refractivity contribution is 0.189. The van der Waals surface area contributed by atoms with Crippen LogP contribution in [0.5, 0.6) is 0 Å². The third-order valence-electron chi connectivity index (χ3n) is 3.74. The Morgan fingerprint density at radius 2 is 2.24 bits per heavy atom. The molecular weight excluding hydrogens is 230 g/mol. The van der Waals surface area contributed by atoms with Crippen LogP contribution in [-0.2, 0) is 6.54 Å². The van der Waals surface area contributed by atoms with Crippen molar-refractivity contribution in [3.8, 4) is 0 Å². The van der Waals surface area contributed by atoms with Gasteiger partial charge >= 0.3 is 0 Å². The van der Waals surface area contributed by atoms with Crippen molar-refractivity contribution in [1.29, 1.82) is 0 Å². The number of hydrogen-bond donors (Lipinski definition) is 1. The van der Waals surface area contributed by atoms with E-state index in [0.717, 1.165) is 17.5 Å². The second-order valence-electron chi connectivity index (χ2n) is 5.17. The van der Waals surface area contributed by atoms with Crippen LogP contribution in [0.1, 0.15) is 30.5 Å². The molecule has 1 aromatic heterocycles. The van der Waals surface area contributed by atoms with Crippen molar-refractivity contribution in [1.82, 2.24) is 15.2 Å². The molecule has 1 aliphatic rings. The van der Waals surface area contributed by atoms with Crippen LogP contribution in [0.15, 0.2) is 5.38 Å². The van der Waals surface area contributed by atoms with Crippen molar-refractivity contribution in [3.63, 3.8) is 0 Å². The van der Waals surface area contributed by atoms with Gasteiger partial charge in [-0.1, -0.05) is 0 Å². The van der Waals surface area contributed by atoms with Crippen molar-refractivity contribution in [2.45, 2.75) is 39.3 Å². The number of piperidine rings is 1. The van der Waals surface area contributed by atoms with Gasteiger partial charge in [0.2, 0.25) is 0 Å². The largest absolute Gasteiger partial charge is 0.308 e. The molecule has 2 rings (SSSR count). The van der Waals surface area contributed by atoms with E-state index in [1.54, 1.807) is 11.3 Å². The second-order valence-corrected chi connectivity index (χ2v) is 6.23. The molecule has 0 spiro atoms. The molecule has 1 saturated heterocycles. The van der Waals surface area contributed by atoms with E-state index in [0.29, 0.717) is 6.04 Å². The molecule has 1 aliphatic heterocycles. The number of aromatic nitrogens is 1. The van der Waals surface area contributed by atoms with Gasteiger partial charge in [0.1, 0.15) is 0 Å². The standard InChI is InChI=1S/C13H23N3S/c1-10(12-4-6-16(3)7-5-12)14-8-13-9-17-11(2)15-13/h9-10,12,14H,4-8H2,1-3H3. The van der Waals surface area contributed by atoms with Crippen LogP contribution in [0, 0.1) is 12.8 Å². The summed E-state index contributed by atoms with van der Waals surface area (Å²) in [6.45, 7) is 7.78. The third kappa shape index (κ3) is 3.76. The van der Waals surface area contributed by atoms with Crippen molar-refractivity contribution < 1.29 is 0 Å². The van der Waals surface area contributed by atoms with Crippen LogP contribution < -0.4 is 5.32 Å². The van der Waals surface area contributed by atoms with Gasteiger partial charge in [-0.15, -0.1) is 11.3 Å². The summed E-state index contributed by atoms with van der Waals surface area (Å²) in [5, 5.41) is 6.94. The Morgan fingerprint density at radius 3 is 2.82 bits per heavy atom. The Hall–Kier alpha value is -0.450. The lowest BCUT2D eigenvalue weighted by atomic mass is 9.90. The first-order valence-corrected chi connectivity index (χ1v) is 7.36. The van der Waals surface area contributed by atoms with Gasteiger partial charge in [0, 0.05) is 18.0 Å². The predicted octanol–water partition coefficient (Wildman–Crippen LogP) is 2.27.